The Bertz CT molecular complexity index is 580. The molecule has 3 rings (SSSR count). The topological polar surface area (TPSA) is 83.6 Å². The van der Waals surface area contributed by atoms with E-state index in [1.165, 1.54) is 0 Å². The first-order chi connectivity index (χ1) is 9.83. The largest absolute Gasteiger partial charge is 0.356 e. The van der Waals surface area contributed by atoms with Gasteiger partial charge in [0.2, 0.25) is 5.91 Å². The molecule has 0 saturated heterocycles. The normalized spacial score (nSPS) is 17.5. The van der Waals surface area contributed by atoms with Gasteiger partial charge in [0.25, 0.3) is 0 Å². The van der Waals surface area contributed by atoms with Gasteiger partial charge in [0.1, 0.15) is 0 Å². The molecule has 1 amide bonds. The minimum absolute atomic E-state index is 0.0153. The number of rotatable bonds is 4. The van der Waals surface area contributed by atoms with E-state index in [9.17, 15) is 4.79 Å². The van der Waals surface area contributed by atoms with Crippen molar-refractivity contribution in [3.05, 3.63) is 41.5 Å². The van der Waals surface area contributed by atoms with E-state index in [-0.39, 0.29) is 11.8 Å². The number of carbonyl (C=O) groups is 1. The van der Waals surface area contributed by atoms with Crippen molar-refractivity contribution in [1.29, 1.82) is 0 Å². The number of aryl methyl sites for hydroxylation is 1. The van der Waals surface area contributed by atoms with Crippen LogP contribution in [0.2, 0.25) is 0 Å². The third kappa shape index (κ3) is 2.84. The Labute approximate surface area is 117 Å². The molecule has 0 fully saturated rings. The molecule has 1 unspecified atom stereocenters. The average molecular weight is 271 g/mol. The Morgan fingerprint density at radius 1 is 1.40 bits per heavy atom. The molecule has 0 aliphatic heterocycles. The molecule has 1 atom stereocenters. The molecule has 104 valence electrons. The molecule has 1 aliphatic carbocycles. The van der Waals surface area contributed by atoms with Crippen molar-refractivity contribution in [2.45, 2.75) is 25.7 Å². The first kappa shape index (κ1) is 12.8. The molecule has 20 heavy (non-hydrogen) atoms. The number of aromatic amines is 1. The van der Waals surface area contributed by atoms with Crippen LogP contribution in [-0.4, -0.2) is 32.8 Å². The number of H-pyrrole nitrogens is 1. The second-order valence-electron chi connectivity index (χ2n) is 5.06. The summed E-state index contributed by atoms with van der Waals surface area (Å²) < 4.78 is 0. The van der Waals surface area contributed by atoms with Crippen LogP contribution < -0.4 is 5.32 Å². The monoisotopic (exact) mass is 271 g/mol. The third-order valence-electron chi connectivity index (χ3n) is 3.68. The zero-order valence-corrected chi connectivity index (χ0v) is 11.2. The molecule has 2 aromatic rings. The number of hydrogen-bond acceptors (Lipinski definition) is 4. The van der Waals surface area contributed by atoms with Crippen LogP contribution >= 0.6 is 0 Å². The standard InChI is InChI=1S/C14H17N5O/c20-14(16-7-5-10-2-1-6-15-9-10)11-3-4-12-13(8-11)18-19-17-12/h1-2,6,9,11H,3-5,7-8H2,(H,16,20)(H,17,18,19). The summed E-state index contributed by atoms with van der Waals surface area (Å²) in [6.07, 6.45) is 6.74. The van der Waals surface area contributed by atoms with Crippen molar-refractivity contribution in [2.24, 2.45) is 5.92 Å². The Kier molecular flexibility index (Phi) is 3.71. The molecule has 2 N–H and O–H groups in total. The number of hydrogen-bond donors (Lipinski definition) is 2. The summed E-state index contributed by atoms with van der Waals surface area (Å²) in [5, 5.41) is 13.8. The summed E-state index contributed by atoms with van der Waals surface area (Å²) in [5.74, 6) is 0.129. The van der Waals surface area contributed by atoms with Crippen molar-refractivity contribution < 1.29 is 4.79 Å². The van der Waals surface area contributed by atoms with Gasteiger partial charge in [-0.2, -0.15) is 15.4 Å². The first-order valence-electron chi connectivity index (χ1n) is 6.88. The molecule has 6 nitrogen and oxygen atoms in total. The van der Waals surface area contributed by atoms with Crippen molar-refractivity contribution in [2.75, 3.05) is 6.54 Å². The molecule has 0 bridgehead atoms. The fourth-order valence-corrected chi connectivity index (χ4v) is 2.53. The van der Waals surface area contributed by atoms with E-state index in [1.807, 2.05) is 18.3 Å². The lowest BCUT2D eigenvalue weighted by molar-refractivity contribution is -0.125. The predicted octanol–water partition coefficient (Wildman–Crippen LogP) is 0.663. The van der Waals surface area contributed by atoms with Crippen LogP contribution in [0.5, 0.6) is 0 Å². The van der Waals surface area contributed by atoms with Gasteiger partial charge in [-0.3, -0.25) is 9.78 Å². The summed E-state index contributed by atoms with van der Waals surface area (Å²) in [6.45, 7) is 0.646. The summed E-state index contributed by atoms with van der Waals surface area (Å²) in [5.41, 5.74) is 3.07. The van der Waals surface area contributed by atoms with Gasteiger partial charge >= 0.3 is 0 Å². The van der Waals surface area contributed by atoms with Crippen molar-refractivity contribution >= 4 is 5.91 Å². The van der Waals surface area contributed by atoms with Crippen LogP contribution in [-0.2, 0) is 24.1 Å². The van der Waals surface area contributed by atoms with E-state index < -0.39 is 0 Å². The Morgan fingerprint density at radius 3 is 3.15 bits per heavy atom. The summed E-state index contributed by atoms with van der Waals surface area (Å²) in [4.78, 5) is 16.2. The number of nitrogens with zero attached hydrogens (tertiary/aromatic N) is 3. The smallest absolute Gasteiger partial charge is 0.223 e. The highest BCUT2D eigenvalue weighted by atomic mass is 16.1. The van der Waals surface area contributed by atoms with Gasteiger partial charge in [0, 0.05) is 31.3 Å². The minimum atomic E-state index is 0.0153. The molecule has 2 heterocycles. The molecule has 0 radical (unpaired) electrons. The molecule has 0 aromatic carbocycles. The van der Waals surface area contributed by atoms with E-state index in [0.717, 1.165) is 36.2 Å². The summed E-state index contributed by atoms with van der Waals surface area (Å²) in [6, 6.07) is 3.92. The fraction of sp³-hybridized carbons (Fsp3) is 0.429. The van der Waals surface area contributed by atoms with Gasteiger partial charge < -0.3 is 5.32 Å². The van der Waals surface area contributed by atoms with Gasteiger partial charge in [-0.25, -0.2) is 0 Å². The highest BCUT2D eigenvalue weighted by Crippen LogP contribution is 2.22. The Hall–Kier alpha value is -2.24. The van der Waals surface area contributed by atoms with Gasteiger partial charge in [-0.1, -0.05) is 6.07 Å². The van der Waals surface area contributed by atoms with E-state index in [0.29, 0.717) is 13.0 Å². The maximum Gasteiger partial charge on any atom is 0.223 e. The first-order valence-corrected chi connectivity index (χ1v) is 6.88. The van der Waals surface area contributed by atoms with Crippen LogP contribution in [0.4, 0.5) is 0 Å². The zero-order valence-electron chi connectivity index (χ0n) is 11.2. The lowest BCUT2D eigenvalue weighted by atomic mass is 9.89. The fourth-order valence-electron chi connectivity index (χ4n) is 2.53. The summed E-state index contributed by atoms with van der Waals surface area (Å²) >= 11 is 0. The molecule has 2 aromatic heterocycles. The molecular weight excluding hydrogens is 254 g/mol. The quantitative estimate of drug-likeness (QED) is 0.856. The second-order valence-corrected chi connectivity index (χ2v) is 5.06. The molecule has 6 heteroatoms. The van der Waals surface area contributed by atoms with Crippen LogP contribution in [0, 0.1) is 5.92 Å². The maximum atomic E-state index is 12.1. The van der Waals surface area contributed by atoms with Crippen LogP contribution in [0.3, 0.4) is 0 Å². The third-order valence-corrected chi connectivity index (χ3v) is 3.68. The lowest BCUT2D eigenvalue weighted by Crippen LogP contribution is -2.35. The number of nitrogens with one attached hydrogen (secondary N) is 2. The van der Waals surface area contributed by atoms with E-state index in [1.54, 1.807) is 6.20 Å². The Balaban J connectivity index is 1.48. The summed E-state index contributed by atoms with van der Waals surface area (Å²) in [7, 11) is 0. The van der Waals surface area contributed by atoms with Crippen LogP contribution in [0.15, 0.2) is 24.5 Å². The number of fused-ring (bicyclic) bond motifs is 1. The van der Waals surface area contributed by atoms with Crippen molar-refractivity contribution in [1.82, 2.24) is 25.7 Å². The highest BCUT2D eigenvalue weighted by molar-refractivity contribution is 5.79. The highest BCUT2D eigenvalue weighted by Gasteiger charge is 2.26. The minimum Gasteiger partial charge on any atom is -0.356 e. The van der Waals surface area contributed by atoms with Gasteiger partial charge in [-0.15, -0.1) is 0 Å². The number of aromatic nitrogens is 4. The van der Waals surface area contributed by atoms with E-state index >= 15 is 0 Å². The van der Waals surface area contributed by atoms with Gasteiger partial charge in [0.05, 0.1) is 11.4 Å². The average Bonchev–Trinajstić information content (AvgIpc) is 2.95. The van der Waals surface area contributed by atoms with Crippen molar-refractivity contribution in [3.63, 3.8) is 0 Å². The molecule has 0 spiro atoms. The number of carbonyl (C=O) groups excluding carboxylic acids is 1. The van der Waals surface area contributed by atoms with Crippen LogP contribution in [0.1, 0.15) is 23.4 Å². The Morgan fingerprint density at radius 2 is 2.30 bits per heavy atom. The zero-order chi connectivity index (χ0) is 13.8. The van der Waals surface area contributed by atoms with Gasteiger partial charge in [-0.05, 0) is 30.9 Å². The molecule has 0 saturated carbocycles. The molecule has 1 aliphatic rings. The van der Waals surface area contributed by atoms with E-state index in [4.69, 9.17) is 0 Å². The van der Waals surface area contributed by atoms with E-state index in [2.05, 4.69) is 25.7 Å². The SMILES string of the molecule is O=C(NCCc1cccnc1)C1CCc2n[nH]nc2C1. The molecular formula is C14H17N5O. The van der Waals surface area contributed by atoms with Crippen molar-refractivity contribution in [3.8, 4) is 0 Å². The maximum absolute atomic E-state index is 12.1. The van der Waals surface area contributed by atoms with Crippen LogP contribution in [0.25, 0.3) is 0 Å². The lowest BCUT2D eigenvalue weighted by Gasteiger charge is -2.19. The van der Waals surface area contributed by atoms with Gasteiger partial charge in [0.15, 0.2) is 0 Å². The number of amides is 1. The number of pyridine rings is 1. The second kappa shape index (κ2) is 5.81. The predicted molar refractivity (Wildman–Crippen MR) is 72.8 cm³/mol.